The largest absolute Gasteiger partial charge is 0.382 e. The topological polar surface area (TPSA) is 92.9 Å². The van der Waals surface area contributed by atoms with Crippen molar-refractivity contribution in [3.8, 4) is 0 Å². The number of hydrogen-bond acceptors (Lipinski definition) is 7. The second-order valence-corrected chi connectivity index (χ2v) is 6.94. The van der Waals surface area contributed by atoms with Gasteiger partial charge in [-0.25, -0.2) is 9.97 Å². The van der Waals surface area contributed by atoms with Crippen molar-refractivity contribution in [2.45, 2.75) is 39.8 Å². The Kier molecular flexibility index (Phi) is 4.79. The summed E-state index contributed by atoms with van der Waals surface area (Å²) >= 11 is 2.79. The summed E-state index contributed by atoms with van der Waals surface area (Å²) < 4.78 is 0. The molecule has 8 heteroatoms. The molecule has 0 fully saturated rings. The van der Waals surface area contributed by atoms with E-state index in [4.69, 9.17) is 5.73 Å². The smallest absolute Gasteiger partial charge is 0.265 e. The summed E-state index contributed by atoms with van der Waals surface area (Å²) in [5, 5.41) is 9.55. The Morgan fingerprint density at radius 3 is 2.62 bits per heavy atom. The molecule has 114 valence electrons. The van der Waals surface area contributed by atoms with E-state index in [2.05, 4.69) is 20.6 Å². The molecule has 0 bridgehead atoms. The minimum atomic E-state index is -0.220. The minimum absolute atomic E-state index is 0.154. The van der Waals surface area contributed by atoms with E-state index >= 15 is 0 Å². The molecule has 21 heavy (non-hydrogen) atoms. The van der Waals surface area contributed by atoms with Crippen molar-refractivity contribution in [3.63, 3.8) is 0 Å². The van der Waals surface area contributed by atoms with E-state index in [-0.39, 0.29) is 23.8 Å². The highest BCUT2D eigenvalue weighted by molar-refractivity contribution is 7.18. The summed E-state index contributed by atoms with van der Waals surface area (Å²) in [6, 6.07) is 0.0860. The molecule has 1 unspecified atom stereocenters. The average molecular weight is 325 g/mol. The average Bonchev–Trinajstić information content (AvgIpc) is 2.95. The number of carbonyl (C=O) groups excluding carboxylic acids is 1. The van der Waals surface area contributed by atoms with Crippen LogP contribution in [0, 0.1) is 6.92 Å². The highest BCUT2D eigenvalue weighted by atomic mass is 32.1. The van der Waals surface area contributed by atoms with E-state index in [9.17, 15) is 4.79 Å². The first-order chi connectivity index (χ1) is 9.86. The molecule has 1 amide bonds. The molecule has 2 rings (SSSR count). The van der Waals surface area contributed by atoms with Gasteiger partial charge in [0.25, 0.3) is 5.91 Å². The summed E-state index contributed by atoms with van der Waals surface area (Å²) in [6.07, 6.45) is 0. The highest BCUT2D eigenvalue weighted by Crippen LogP contribution is 2.26. The summed E-state index contributed by atoms with van der Waals surface area (Å²) in [6.45, 7) is 7.84. The molecule has 4 N–H and O–H groups in total. The highest BCUT2D eigenvalue weighted by Gasteiger charge is 2.20. The maximum absolute atomic E-state index is 12.3. The molecule has 0 aliphatic rings. The number of amides is 1. The summed E-state index contributed by atoms with van der Waals surface area (Å²) in [7, 11) is 0. The van der Waals surface area contributed by atoms with Crippen LogP contribution in [0.4, 0.5) is 10.9 Å². The molecule has 0 aromatic carbocycles. The second-order valence-electron chi connectivity index (χ2n) is 5.05. The predicted molar refractivity (Wildman–Crippen MR) is 88.0 cm³/mol. The lowest BCUT2D eigenvalue weighted by atomic mass is 10.3. The third kappa shape index (κ3) is 3.92. The zero-order chi connectivity index (χ0) is 15.6. The Bertz CT molecular complexity index is 634. The third-order valence-electron chi connectivity index (χ3n) is 2.63. The number of aryl methyl sites for hydroxylation is 1. The Balaban J connectivity index is 2.08. The van der Waals surface area contributed by atoms with Crippen LogP contribution in [-0.2, 0) is 0 Å². The Morgan fingerprint density at radius 2 is 2.05 bits per heavy atom. The molecule has 0 saturated carbocycles. The molecular weight excluding hydrogens is 306 g/mol. The molecule has 6 nitrogen and oxygen atoms in total. The summed E-state index contributed by atoms with van der Waals surface area (Å²) in [4.78, 5) is 21.3. The van der Waals surface area contributed by atoms with Crippen molar-refractivity contribution in [2.24, 2.45) is 0 Å². The number of rotatable bonds is 5. The standard InChI is InChI=1S/C13H19N5OS2/c1-6(2)15-13-18-10(14)9(21-13)11(19)17-8(4)12-16-7(3)5-20-12/h5-6,8H,14H2,1-4H3,(H,15,18)(H,17,19). The van der Waals surface area contributed by atoms with E-state index in [0.29, 0.717) is 10.0 Å². The zero-order valence-corrected chi connectivity index (χ0v) is 14.1. The van der Waals surface area contributed by atoms with Gasteiger partial charge in [-0.05, 0) is 27.7 Å². The lowest BCUT2D eigenvalue weighted by Gasteiger charge is -2.10. The summed E-state index contributed by atoms with van der Waals surface area (Å²) in [5.41, 5.74) is 6.78. The van der Waals surface area contributed by atoms with Crippen LogP contribution in [0.1, 0.15) is 47.2 Å². The predicted octanol–water partition coefficient (Wildman–Crippen LogP) is 2.80. The van der Waals surface area contributed by atoms with Crippen LogP contribution in [0.15, 0.2) is 5.38 Å². The van der Waals surface area contributed by atoms with Gasteiger partial charge < -0.3 is 16.4 Å². The number of hydrogen-bond donors (Lipinski definition) is 3. The van der Waals surface area contributed by atoms with Gasteiger partial charge in [-0.3, -0.25) is 4.79 Å². The van der Waals surface area contributed by atoms with Crippen LogP contribution < -0.4 is 16.4 Å². The van der Waals surface area contributed by atoms with E-state index < -0.39 is 0 Å². The first-order valence-corrected chi connectivity index (χ1v) is 8.32. The van der Waals surface area contributed by atoms with Gasteiger partial charge in [-0.1, -0.05) is 11.3 Å². The molecule has 2 aromatic heterocycles. The second kappa shape index (κ2) is 6.40. The van der Waals surface area contributed by atoms with Crippen LogP contribution in [0.2, 0.25) is 0 Å². The number of nitrogens with zero attached hydrogens (tertiary/aromatic N) is 2. The molecule has 0 aliphatic heterocycles. The lowest BCUT2D eigenvalue weighted by Crippen LogP contribution is -2.26. The number of thiazole rings is 2. The maximum Gasteiger partial charge on any atom is 0.265 e. The van der Waals surface area contributed by atoms with Crippen LogP contribution in [0.3, 0.4) is 0 Å². The van der Waals surface area contributed by atoms with E-state index in [1.807, 2.05) is 33.1 Å². The van der Waals surface area contributed by atoms with E-state index in [1.165, 1.54) is 22.7 Å². The first-order valence-electron chi connectivity index (χ1n) is 6.62. The van der Waals surface area contributed by atoms with Crippen molar-refractivity contribution in [2.75, 3.05) is 11.1 Å². The van der Waals surface area contributed by atoms with Gasteiger partial charge in [0.2, 0.25) is 0 Å². The molecule has 1 atom stereocenters. The van der Waals surface area contributed by atoms with Gasteiger partial charge in [0.15, 0.2) is 5.13 Å². The van der Waals surface area contributed by atoms with Crippen LogP contribution in [0.25, 0.3) is 0 Å². The Labute approximate surface area is 131 Å². The SMILES string of the molecule is Cc1csc(C(C)NC(=O)c2sc(NC(C)C)nc2N)n1. The van der Waals surface area contributed by atoms with E-state index in [0.717, 1.165) is 10.7 Å². The van der Waals surface area contributed by atoms with Gasteiger partial charge in [0, 0.05) is 17.1 Å². The number of anilines is 2. The fourth-order valence-electron chi connectivity index (χ4n) is 1.70. The maximum atomic E-state index is 12.3. The van der Waals surface area contributed by atoms with Gasteiger partial charge in [0.1, 0.15) is 15.7 Å². The van der Waals surface area contributed by atoms with Gasteiger partial charge in [-0.15, -0.1) is 11.3 Å². The number of nitrogens with two attached hydrogens (primary N) is 1. The van der Waals surface area contributed by atoms with Crippen LogP contribution in [0.5, 0.6) is 0 Å². The quantitative estimate of drug-likeness (QED) is 0.786. The fraction of sp³-hybridized carbons (Fsp3) is 0.462. The Morgan fingerprint density at radius 1 is 1.33 bits per heavy atom. The number of aromatic nitrogens is 2. The molecule has 2 aromatic rings. The number of nitrogen functional groups attached to an aromatic ring is 1. The van der Waals surface area contributed by atoms with Crippen molar-refractivity contribution in [3.05, 3.63) is 21.0 Å². The fourth-order valence-corrected chi connectivity index (χ4v) is 3.44. The monoisotopic (exact) mass is 325 g/mol. The molecular formula is C13H19N5OS2. The van der Waals surface area contributed by atoms with E-state index in [1.54, 1.807) is 0 Å². The van der Waals surface area contributed by atoms with Crippen molar-refractivity contribution in [1.82, 2.24) is 15.3 Å². The van der Waals surface area contributed by atoms with Crippen LogP contribution >= 0.6 is 22.7 Å². The molecule has 0 aliphatic carbocycles. The van der Waals surface area contributed by atoms with Gasteiger partial charge >= 0.3 is 0 Å². The van der Waals surface area contributed by atoms with Gasteiger partial charge in [-0.2, -0.15) is 0 Å². The molecule has 0 saturated heterocycles. The van der Waals surface area contributed by atoms with Crippen molar-refractivity contribution >= 4 is 39.5 Å². The normalized spacial score (nSPS) is 12.4. The van der Waals surface area contributed by atoms with Crippen LogP contribution in [-0.4, -0.2) is 21.9 Å². The molecule has 0 spiro atoms. The molecule has 2 heterocycles. The Hall–Kier alpha value is -1.67. The summed E-state index contributed by atoms with van der Waals surface area (Å²) in [5.74, 6) is 0.0327. The zero-order valence-electron chi connectivity index (χ0n) is 12.4. The first kappa shape index (κ1) is 15.7. The van der Waals surface area contributed by atoms with Crippen molar-refractivity contribution in [1.29, 1.82) is 0 Å². The third-order valence-corrected chi connectivity index (χ3v) is 4.77. The minimum Gasteiger partial charge on any atom is -0.382 e. The number of nitrogens with one attached hydrogen (secondary N) is 2. The molecule has 0 radical (unpaired) electrons. The number of carbonyl (C=O) groups is 1. The lowest BCUT2D eigenvalue weighted by molar-refractivity contribution is 0.0944. The van der Waals surface area contributed by atoms with Gasteiger partial charge in [0.05, 0.1) is 6.04 Å². The van der Waals surface area contributed by atoms with Crippen molar-refractivity contribution < 1.29 is 4.79 Å².